The Kier molecular flexibility index (Phi) is 3.14. The van der Waals surface area contributed by atoms with Gasteiger partial charge in [0, 0.05) is 44.4 Å². The highest BCUT2D eigenvalue weighted by Crippen LogP contribution is 2.40. The zero-order chi connectivity index (χ0) is 14.4. The molecule has 2 fully saturated rings. The predicted octanol–water partition coefficient (Wildman–Crippen LogP) is 3.11. The third-order valence-corrected chi connectivity index (χ3v) is 7.01. The van der Waals surface area contributed by atoms with Crippen molar-refractivity contribution in [1.82, 2.24) is 4.98 Å². The summed E-state index contributed by atoms with van der Waals surface area (Å²) in [6.07, 6.45) is 5.38. The van der Waals surface area contributed by atoms with E-state index in [4.69, 9.17) is 0 Å². The van der Waals surface area contributed by atoms with Gasteiger partial charge in [0.1, 0.15) is 0 Å². The molecule has 2 bridgehead atoms. The van der Waals surface area contributed by atoms with Crippen LogP contribution in [0.1, 0.15) is 36.0 Å². The van der Waals surface area contributed by atoms with Crippen LogP contribution in [-0.2, 0) is 10.8 Å². The van der Waals surface area contributed by atoms with Crippen LogP contribution in [-0.4, -0.2) is 25.5 Å². The molecule has 0 aliphatic carbocycles. The highest BCUT2D eigenvalue weighted by molar-refractivity contribution is 7.86. The summed E-state index contributed by atoms with van der Waals surface area (Å²) in [6, 6.07) is 9.58. The zero-order valence-electron chi connectivity index (χ0n) is 11.7. The Morgan fingerprint density at radius 2 is 1.86 bits per heavy atom. The van der Waals surface area contributed by atoms with Crippen LogP contribution in [0.5, 0.6) is 0 Å². The molecule has 4 heteroatoms. The molecule has 1 aromatic heterocycles. The first kappa shape index (κ1) is 13.1. The number of rotatable bonds is 2. The number of fused-ring (bicyclic) bond motifs is 3. The number of aromatic nitrogens is 1. The molecule has 108 valence electrons. The summed E-state index contributed by atoms with van der Waals surface area (Å²) >= 11 is 0. The fourth-order valence-electron chi connectivity index (χ4n) is 3.78. The highest BCUT2D eigenvalue weighted by Gasteiger charge is 2.42. The van der Waals surface area contributed by atoms with E-state index in [1.54, 1.807) is 6.20 Å². The van der Waals surface area contributed by atoms with Crippen molar-refractivity contribution in [3.8, 4) is 0 Å². The summed E-state index contributed by atoms with van der Waals surface area (Å²) in [5, 5.41) is 1.42. The third kappa shape index (κ3) is 2.13. The molecule has 21 heavy (non-hydrogen) atoms. The maximum absolute atomic E-state index is 12.9. The summed E-state index contributed by atoms with van der Waals surface area (Å²) in [5.74, 6) is 0.244. The van der Waals surface area contributed by atoms with Gasteiger partial charge < -0.3 is 0 Å². The van der Waals surface area contributed by atoms with Crippen molar-refractivity contribution < 1.29 is 9.00 Å². The molecule has 0 amide bonds. The van der Waals surface area contributed by atoms with Gasteiger partial charge in [0.05, 0.1) is 5.52 Å². The van der Waals surface area contributed by atoms with Gasteiger partial charge in [0.2, 0.25) is 0 Å². The summed E-state index contributed by atoms with van der Waals surface area (Å²) in [7, 11) is -0.704. The Hall–Kier alpha value is -1.55. The number of ketones is 1. The number of Topliss-reactive ketones (excluding diaryl/α,β-unsaturated/α-hetero) is 1. The second kappa shape index (κ2) is 5.02. The van der Waals surface area contributed by atoms with Gasteiger partial charge in [0.15, 0.2) is 5.78 Å². The van der Waals surface area contributed by atoms with Crippen LogP contribution in [0.15, 0.2) is 36.5 Å². The number of benzene rings is 1. The molecule has 3 nitrogen and oxygen atoms in total. The largest absolute Gasteiger partial charge is 0.294 e. The molecule has 4 rings (SSSR count). The molecule has 2 aliphatic rings. The van der Waals surface area contributed by atoms with Crippen LogP contribution in [0.3, 0.4) is 0 Å². The van der Waals surface area contributed by atoms with Gasteiger partial charge in [-0.25, -0.2) is 0 Å². The quantitative estimate of drug-likeness (QED) is 0.801. The summed E-state index contributed by atoms with van der Waals surface area (Å²) in [4.78, 5) is 17.2. The number of hydrogen-bond donors (Lipinski definition) is 0. The number of carbonyl (C=O) groups is 1. The topological polar surface area (TPSA) is 47.0 Å². The van der Waals surface area contributed by atoms with Crippen molar-refractivity contribution in [2.75, 3.05) is 0 Å². The first-order valence-corrected chi connectivity index (χ1v) is 8.79. The van der Waals surface area contributed by atoms with E-state index in [0.717, 1.165) is 42.1 Å². The first-order valence-electron chi connectivity index (χ1n) is 7.51. The lowest BCUT2D eigenvalue weighted by atomic mass is 9.89. The minimum atomic E-state index is -0.704. The fourth-order valence-corrected chi connectivity index (χ4v) is 5.91. The van der Waals surface area contributed by atoms with Gasteiger partial charge in [-0.1, -0.05) is 18.2 Å². The minimum absolute atomic E-state index is 0.0333. The van der Waals surface area contributed by atoms with Crippen molar-refractivity contribution in [2.45, 2.75) is 36.2 Å². The Balaban J connectivity index is 1.70. The second-order valence-corrected chi connectivity index (χ2v) is 8.05. The molecule has 2 aromatic rings. The van der Waals surface area contributed by atoms with E-state index in [0.29, 0.717) is 0 Å². The van der Waals surface area contributed by atoms with Gasteiger partial charge in [-0.15, -0.1) is 0 Å². The lowest BCUT2D eigenvalue weighted by molar-refractivity contribution is 0.0908. The Labute approximate surface area is 126 Å². The van der Waals surface area contributed by atoms with Crippen molar-refractivity contribution in [3.05, 3.63) is 42.1 Å². The predicted molar refractivity (Wildman–Crippen MR) is 83.7 cm³/mol. The van der Waals surface area contributed by atoms with Gasteiger partial charge in [-0.05, 0) is 37.8 Å². The van der Waals surface area contributed by atoms with Crippen LogP contribution in [0.4, 0.5) is 0 Å². The molecule has 0 saturated carbocycles. The lowest BCUT2D eigenvalue weighted by Gasteiger charge is -2.26. The van der Waals surface area contributed by atoms with Crippen LogP contribution in [0.25, 0.3) is 10.9 Å². The SMILES string of the molecule is O=C(c1cccc2ncccc12)C1CC2CCC(C1)S2=O. The van der Waals surface area contributed by atoms with E-state index in [-0.39, 0.29) is 22.2 Å². The molecular weight excluding hydrogens is 282 g/mol. The van der Waals surface area contributed by atoms with E-state index in [2.05, 4.69) is 4.98 Å². The molecule has 0 spiro atoms. The van der Waals surface area contributed by atoms with E-state index >= 15 is 0 Å². The molecule has 0 N–H and O–H groups in total. The fraction of sp³-hybridized carbons (Fsp3) is 0.412. The lowest BCUT2D eigenvalue weighted by Crippen LogP contribution is -2.32. The number of nitrogens with zero attached hydrogens (tertiary/aromatic N) is 1. The minimum Gasteiger partial charge on any atom is -0.294 e. The van der Waals surface area contributed by atoms with Gasteiger partial charge in [0.25, 0.3) is 0 Å². The Morgan fingerprint density at radius 3 is 2.62 bits per heavy atom. The highest BCUT2D eigenvalue weighted by atomic mass is 32.2. The van der Waals surface area contributed by atoms with Gasteiger partial charge >= 0.3 is 0 Å². The number of hydrogen-bond acceptors (Lipinski definition) is 3. The van der Waals surface area contributed by atoms with Crippen LogP contribution in [0, 0.1) is 5.92 Å². The maximum atomic E-state index is 12.9. The molecule has 1 aromatic carbocycles. The molecular formula is C17H17NO2S. The van der Waals surface area contributed by atoms with Crippen molar-refractivity contribution in [2.24, 2.45) is 5.92 Å². The molecule has 2 unspecified atom stereocenters. The van der Waals surface area contributed by atoms with E-state index in [1.165, 1.54) is 0 Å². The first-order chi connectivity index (χ1) is 10.2. The Morgan fingerprint density at radius 1 is 1.10 bits per heavy atom. The third-order valence-electron chi connectivity index (χ3n) is 4.84. The normalized spacial score (nSPS) is 31.4. The smallest absolute Gasteiger partial charge is 0.166 e. The average Bonchev–Trinajstić information content (AvgIpc) is 2.75. The molecule has 3 heterocycles. The van der Waals surface area contributed by atoms with Crippen molar-refractivity contribution in [1.29, 1.82) is 0 Å². The van der Waals surface area contributed by atoms with E-state index in [1.807, 2.05) is 30.3 Å². The summed E-state index contributed by atoms with van der Waals surface area (Å²) in [6.45, 7) is 0. The molecule has 2 aliphatic heterocycles. The summed E-state index contributed by atoms with van der Waals surface area (Å²) in [5.41, 5.74) is 1.64. The summed E-state index contributed by atoms with van der Waals surface area (Å²) < 4.78 is 12.1. The second-order valence-electron chi connectivity index (χ2n) is 6.06. The number of pyridine rings is 1. The maximum Gasteiger partial charge on any atom is 0.166 e. The van der Waals surface area contributed by atoms with Crippen molar-refractivity contribution >= 4 is 27.5 Å². The van der Waals surface area contributed by atoms with Crippen molar-refractivity contribution in [3.63, 3.8) is 0 Å². The average molecular weight is 299 g/mol. The van der Waals surface area contributed by atoms with E-state index in [9.17, 15) is 9.00 Å². The van der Waals surface area contributed by atoms with Crippen LogP contribution < -0.4 is 0 Å². The van der Waals surface area contributed by atoms with Crippen LogP contribution >= 0.6 is 0 Å². The standard InChI is InChI=1S/C17H17NO2S/c19-17(11-9-12-6-7-13(10-11)21(12)20)15-3-1-5-16-14(15)4-2-8-18-16/h1-5,8,11-13H,6-7,9-10H2. The zero-order valence-corrected chi connectivity index (χ0v) is 12.5. The Bertz CT molecular complexity index is 721. The number of carbonyl (C=O) groups excluding carboxylic acids is 1. The van der Waals surface area contributed by atoms with Crippen LogP contribution in [0.2, 0.25) is 0 Å². The monoisotopic (exact) mass is 299 g/mol. The van der Waals surface area contributed by atoms with E-state index < -0.39 is 10.8 Å². The molecule has 2 atom stereocenters. The van der Waals surface area contributed by atoms with Gasteiger partial charge in [-0.2, -0.15) is 0 Å². The van der Waals surface area contributed by atoms with Gasteiger partial charge in [-0.3, -0.25) is 14.0 Å². The molecule has 0 radical (unpaired) electrons. The molecule has 2 saturated heterocycles.